The summed E-state index contributed by atoms with van der Waals surface area (Å²) in [4.78, 5) is 15.0. The van der Waals surface area contributed by atoms with Crippen LogP contribution in [0, 0.1) is 0 Å². The molecule has 162 valence electrons. The second kappa shape index (κ2) is 9.96. The number of ether oxygens (including phenoxy) is 2. The SMILES string of the molecule is COc1ccc(-c2cc(C(=O)NC[C@H](c3ccc(Cl)cc3)N3CCOCC3)no2)cc1. The van der Waals surface area contributed by atoms with Gasteiger partial charge in [-0.25, -0.2) is 0 Å². The fourth-order valence-electron chi connectivity index (χ4n) is 3.59. The molecular weight excluding hydrogens is 418 g/mol. The van der Waals surface area contributed by atoms with Crippen molar-refractivity contribution in [3.05, 3.63) is 70.9 Å². The number of hydrogen-bond acceptors (Lipinski definition) is 6. The Morgan fingerprint density at radius 2 is 1.87 bits per heavy atom. The fourth-order valence-corrected chi connectivity index (χ4v) is 3.71. The topological polar surface area (TPSA) is 76.8 Å². The summed E-state index contributed by atoms with van der Waals surface area (Å²) >= 11 is 6.05. The second-order valence-corrected chi connectivity index (χ2v) is 7.67. The lowest BCUT2D eigenvalue weighted by atomic mass is 10.0. The van der Waals surface area contributed by atoms with Gasteiger partial charge in [-0.3, -0.25) is 9.69 Å². The van der Waals surface area contributed by atoms with Gasteiger partial charge < -0.3 is 19.3 Å². The molecule has 1 atom stereocenters. The van der Waals surface area contributed by atoms with Crippen LogP contribution in [-0.4, -0.2) is 55.9 Å². The number of rotatable bonds is 7. The lowest BCUT2D eigenvalue weighted by Gasteiger charge is -2.34. The van der Waals surface area contributed by atoms with E-state index < -0.39 is 0 Å². The van der Waals surface area contributed by atoms with Crippen LogP contribution >= 0.6 is 11.6 Å². The Labute approximate surface area is 185 Å². The van der Waals surface area contributed by atoms with E-state index in [0.29, 0.717) is 30.5 Å². The third-order valence-corrected chi connectivity index (χ3v) is 5.57. The number of aromatic nitrogens is 1. The van der Waals surface area contributed by atoms with E-state index in [1.54, 1.807) is 13.2 Å². The maximum Gasteiger partial charge on any atom is 0.273 e. The molecule has 0 unspecified atom stereocenters. The van der Waals surface area contributed by atoms with Crippen molar-refractivity contribution in [2.24, 2.45) is 0 Å². The molecule has 0 saturated carbocycles. The predicted molar refractivity (Wildman–Crippen MR) is 117 cm³/mol. The summed E-state index contributed by atoms with van der Waals surface area (Å²) in [6, 6.07) is 16.7. The lowest BCUT2D eigenvalue weighted by Crippen LogP contribution is -2.43. The number of benzene rings is 2. The minimum absolute atomic E-state index is 0.0121. The van der Waals surface area contributed by atoms with Crippen LogP contribution in [0.5, 0.6) is 5.75 Å². The summed E-state index contributed by atoms with van der Waals surface area (Å²) in [6.07, 6.45) is 0. The first-order chi connectivity index (χ1) is 15.1. The molecule has 4 rings (SSSR count). The van der Waals surface area contributed by atoms with Gasteiger partial charge in [0, 0.05) is 36.3 Å². The Morgan fingerprint density at radius 1 is 1.16 bits per heavy atom. The molecule has 2 aromatic carbocycles. The van der Waals surface area contributed by atoms with Crippen molar-refractivity contribution < 1.29 is 18.8 Å². The number of halogens is 1. The average Bonchev–Trinajstić information content (AvgIpc) is 3.31. The highest BCUT2D eigenvalue weighted by Crippen LogP contribution is 2.25. The van der Waals surface area contributed by atoms with Gasteiger partial charge in [0.25, 0.3) is 5.91 Å². The molecule has 1 amide bonds. The number of carbonyl (C=O) groups is 1. The maximum absolute atomic E-state index is 12.7. The quantitative estimate of drug-likeness (QED) is 0.600. The summed E-state index contributed by atoms with van der Waals surface area (Å²) in [5, 5.41) is 7.62. The number of nitrogens with zero attached hydrogens (tertiary/aromatic N) is 2. The summed E-state index contributed by atoms with van der Waals surface area (Å²) in [7, 11) is 1.61. The summed E-state index contributed by atoms with van der Waals surface area (Å²) in [5.74, 6) is 0.989. The van der Waals surface area contributed by atoms with E-state index in [1.807, 2.05) is 48.5 Å². The zero-order valence-electron chi connectivity index (χ0n) is 17.2. The molecule has 0 bridgehead atoms. The smallest absolute Gasteiger partial charge is 0.273 e. The molecule has 1 N–H and O–H groups in total. The normalized spacial score (nSPS) is 15.4. The van der Waals surface area contributed by atoms with Gasteiger partial charge in [0.1, 0.15) is 5.75 Å². The Hall–Kier alpha value is -2.87. The van der Waals surface area contributed by atoms with Crippen LogP contribution in [0.3, 0.4) is 0 Å². The zero-order valence-corrected chi connectivity index (χ0v) is 18.0. The first-order valence-electron chi connectivity index (χ1n) is 10.1. The van der Waals surface area contributed by atoms with Crippen molar-refractivity contribution in [1.29, 1.82) is 0 Å². The van der Waals surface area contributed by atoms with Crippen molar-refractivity contribution in [1.82, 2.24) is 15.4 Å². The Balaban J connectivity index is 1.44. The van der Waals surface area contributed by atoms with E-state index >= 15 is 0 Å². The molecule has 2 heterocycles. The summed E-state index contributed by atoms with van der Waals surface area (Å²) in [6.45, 7) is 3.38. The van der Waals surface area contributed by atoms with Crippen LogP contribution in [0.25, 0.3) is 11.3 Å². The molecule has 1 saturated heterocycles. The first-order valence-corrected chi connectivity index (χ1v) is 10.5. The molecule has 31 heavy (non-hydrogen) atoms. The summed E-state index contributed by atoms with van der Waals surface area (Å²) in [5.41, 5.74) is 2.15. The van der Waals surface area contributed by atoms with Crippen LogP contribution in [0.2, 0.25) is 5.02 Å². The first kappa shape index (κ1) is 21.4. The Morgan fingerprint density at radius 3 is 2.55 bits per heavy atom. The molecule has 1 aliphatic rings. The van der Waals surface area contributed by atoms with E-state index in [0.717, 1.165) is 30.0 Å². The highest BCUT2D eigenvalue weighted by Gasteiger charge is 2.24. The van der Waals surface area contributed by atoms with Gasteiger partial charge in [0.15, 0.2) is 11.5 Å². The van der Waals surface area contributed by atoms with Crippen LogP contribution in [0.15, 0.2) is 59.1 Å². The molecule has 8 heteroatoms. The molecule has 0 aliphatic carbocycles. The molecule has 0 radical (unpaired) electrons. The molecule has 0 spiro atoms. The van der Waals surface area contributed by atoms with Gasteiger partial charge in [-0.1, -0.05) is 28.9 Å². The fraction of sp³-hybridized carbons (Fsp3) is 0.304. The minimum atomic E-state index is -0.282. The van der Waals surface area contributed by atoms with Gasteiger partial charge in [0.2, 0.25) is 0 Å². The van der Waals surface area contributed by atoms with E-state index in [1.165, 1.54) is 0 Å². The Kier molecular flexibility index (Phi) is 6.86. The van der Waals surface area contributed by atoms with Crippen LogP contribution in [0.4, 0.5) is 0 Å². The number of methoxy groups -OCH3 is 1. The standard InChI is InChI=1S/C23H24ClN3O4/c1-29-19-8-4-17(5-9-19)22-14-20(26-31-22)23(28)25-15-21(27-10-12-30-13-11-27)16-2-6-18(24)7-3-16/h2-9,14,21H,10-13,15H2,1H3,(H,25,28)/t21-/m1/s1. The minimum Gasteiger partial charge on any atom is -0.497 e. The van der Waals surface area contributed by atoms with Gasteiger partial charge in [0.05, 0.1) is 26.4 Å². The van der Waals surface area contributed by atoms with Crippen molar-refractivity contribution in [3.63, 3.8) is 0 Å². The van der Waals surface area contributed by atoms with Gasteiger partial charge in [-0.15, -0.1) is 0 Å². The largest absolute Gasteiger partial charge is 0.497 e. The highest BCUT2D eigenvalue weighted by atomic mass is 35.5. The second-order valence-electron chi connectivity index (χ2n) is 7.23. The molecule has 7 nitrogen and oxygen atoms in total. The predicted octanol–water partition coefficient (Wildman–Crippen LogP) is 3.81. The number of morpholine rings is 1. The van der Waals surface area contributed by atoms with Crippen LogP contribution in [0.1, 0.15) is 22.1 Å². The van der Waals surface area contributed by atoms with Crippen molar-refractivity contribution in [2.45, 2.75) is 6.04 Å². The van der Waals surface area contributed by atoms with E-state index in [9.17, 15) is 4.79 Å². The van der Waals surface area contributed by atoms with Gasteiger partial charge in [-0.05, 0) is 42.0 Å². The monoisotopic (exact) mass is 441 g/mol. The van der Waals surface area contributed by atoms with Crippen LogP contribution in [-0.2, 0) is 4.74 Å². The average molecular weight is 442 g/mol. The van der Waals surface area contributed by atoms with E-state index in [4.69, 9.17) is 25.6 Å². The molecule has 1 fully saturated rings. The lowest BCUT2D eigenvalue weighted by molar-refractivity contribution is 0.0162. The van der Waals surface area contributed by atoms with Crippen molar-refractivity contribution in [2.75, 3.05) is 40.0 Å². The van der Waals surface area contributed by atoms with Crippen LogP contribution < -0.4 is 10.1 Å². The number of carbonyl (C=O) groups excluding carboxylic acids is 1. The number of amides is 1. The zero-order chi connectivity index (χ0) is 21.6. The highest BCUT2D eigenvalue weighted by molar-refractivity contribution is 6.30. The molecule has 3 aromatic rings. The summed E-state index contributed by atoms with van der Waals surface area (Å²) < 4.78 is 16.0. The molecular formula is C23H24ClN3O4. The maximum atomic E-state index is 12.7. The molecule has 1 aromatic heterocycles. The van der Waals surface area contributed by atoms with Gasteiger partial charge in [-0.2, -0.15) is 0 Å². The van der Waals surface area contributed by atoms with Gasteiger partial charge >= 0.3 is 0 Å². The van der Waals surface area contributed by atoms with E-state index in [-0.39, 0.29) is 17.6 Å². The third kappa shape index (κ3) is 5.25. The van der Waals surface area contributed by atoms with Crippen molar-refractivity contribution >= 4 is 17.5 Å². The number of nitrogens with one attached hydrogen (secondary N) is 1. The van der Waals surface area contributed by atoms with Crippen molar-refractivity contribution in [3.8, 4) is 17.1 Å². The van der Waals surface area contributed by atoms with E-state index in [2.05, 4.69) is 15.4 Å². The Bertz CT molecular complexity index is 998. The third-order valence-electron chi connectivity index (χ3n) is 5.31. The molecule has 1 aliphatic heterocycles. The number of hydrogen-bond donors (Lipinski definition) is 1.